The molecule has 0 amide bonds. The molecule has 2 spiro atoms. The van der Waals surface area contributed by atoms with Crippen LogP contribution in [0, 0.1) is 11.2 Å². The Hall–Kier alpha value is -3.84. The number of likely N-dealkylation sites (tertiary alicyclic amines) is 1. The lowest BCUT2D eigenvalue weighted by Crippen LogP contribution is -2.63. The lowest BCUT2D eigenvalue weighted by Gasteiger charge is -2.42. The second-order valence-corrected chi connectivity index (χ2v) is 9.74. The van der Waals surface area contributed by atoms with E-state index in [1.54, 1.807) is 60.5 Å². The number of rotatable bonds is 3. The van der Waals surface area contributed by atoms with Gasteiger partial charge in [0.25, 0.3) is 0 Å². The van der Waals surface area contributed by atoms with Gasteiger partial charge in [0.2, 0.25) is 0 Å². The predicted octanol–water partition coefficient (Wildman–Crippen LogP) is 4.12. The van der Waals surface area contributed by atoms with Crippen molar-refractivity contribution in [3.05, 3.63) is 94.3 Å². The third kappa shape index (κ3) is 2.51. The van der Waals surface area contributed by atoms with Crippen LogP contribution in [0.5, 0.6) is 11.5 Å². The van der Waals surface area contributed by atoms with Crippen LogP contribution in [-0.4, -0.2) is 55.6 Å². The van der Waals surface area contributed by atoms with Gasteiger partial charge in [-0.25, -0.2) is 4.39 Å². The molecule has 36 heavy (non-hydrogen) atoms. The van der Waals surface area contributed by atoms with E-state index in [0.29, 0.717) is 39.3 Å². The van der Waals surface area contributed by atoms with E-state index < -0.39 is 22.7 Å². The lowest BCUT2D eigenvalue weighted by atomic mass is 9.59. The first-order valence-corrected chi connectivity index (χ1v) is 11.8. The van der Waals surface area contributed by atoms with Crippen molar-refractivity contribution in [2.75, 3.05) is 27.8 Å². The minimum Gasteiger partial charge on any atom is -0.493 e. The number of hydrogen-bond donors (Lipinski definition) is 0. The van der Waals surface area contributed by atoms with Crippen LogP contribution < -0.4 is 9.47 Å². The fraction of sp³-hybridized carbons (Fsp3) is 0.276. The van der Waals surface area contributed by atoms with Crippen molar-refractivity contribution < 1.29 is 28.2 Å². The Balaban J connectivity index is 1.65. The molecule has 1 aliphatic heterocycles. The number of methoxy groups -OCH3 is 2. The molecule has 6 nitrogen and oxygen atoms in total. The van der Waals surface area contributed by atoms with Crippen molar-refractivity contribution in [3.63, 3.8) is 0 Å². The van der Waals surface area contributed by atoms with Gasteiger partial charge in [-0.2, -0.15) is 0 Å². The van der Waals surface area contributed by atoms with Crippen molar-refractivity contribution in [2.45, 2.75) is 17.9 Å². The third-order valence-corrected chi connectivity index (χ3v) is 8.34. The summed E-state index contributed by atoms with van der Waals surface area (Å²) in [5, 5.41) is 0. The number of likely N-dealkylation sites (N-methyl/N-ethyl adjacent to an activating group) is 1. The van der Waals surface area contributed by atoms with Crippen molar-refractivity contribution >= 4 is 17.3 Å². The molecule has 2 atom stereocenters. The highest BCUT2D eigenvalue weighted by atomic mass is 19.1. The van der Waals surface area contributed by atoms with E-state index in [1.807, 2.05) is 0 Å². The Morgan fingerprint density at radius 3 is 2.00 bits per heavy atom. The predicted molar refractivity (Wildman–Crippen MR) is 130 cm³/mol. The summed E-state index contributed by atoms with van der Waals surface area (Å²) in [6.45, 7) is 0.283. The van der Waals surface area contributed by atoms with Crippen LogP contribution >= 0.6 is 0 Å². The smallest absolute Gasteiger partial charge is 0.192 e. The Kier molecular flexibility index (Phi) is 4.76. The second-order valence-electron chi connectivity index (χ2n) is 9.74. The van der Waals surface area contributed by atoms with Crippen LogP contribution in [-0.2, 0) is 6.42 Å². The summed E-state index contributed by atoms with van der Waals surface area (Å²) in [6, 6.07) is 16.1. The third-order valence-electron chi connectivity index (χ3n) is 8.34. The number of fused-ring (bicyclic) bond motifs is 3. The molecule has 3 aromatic rings. The van der Waals surface area contributed by atoms with Gasteiger partial charge in [-0.05, 0) is 48.9 Å². The summed E-state index contributed by atoms with van der Waals surface area (Å²) in [5.41, 5.74) is -0.683. The van der Waals surface area contributed by atoms with Gasteiger partial charge in [0.05, 0.1) is 19.6 Å². The zero-order valence-electron chi connectivity index (χ0n) is 20.1. The number of carbonyl (C=O) groups is 3. The molecule has 3 aliphatic rings. The number of nitrogens with zero attached hydrogens (tertiary/aromatic N) is 1. The molecule has 1 heterocycles. The number of halogens is 1. The Bertz CT molecular complexity index is 1430. The molecule has 2 aliphatic carbocycles. The van der Waals surface area contributed by atoms with Gasteiger partial charge in [0.15, 0.2) is 34.4 Å². The van der Waals surface area contributed by atoms with Crippen molar-refractivity contribution in [2.24, 2.45) is 5.41 Å². The largest absolute Gasteiger partial charge is 0.493 e. The van der Waals surface area contributed by atoms with E-state index in [0.717, 1.165) is 0 Å². The number of ether oxygens (including phenoxy) is 2. The molecular formula is C29H24FNO5. The van der Waals surface area contributed by atoms with Gasteiger partial charge in [0.1, 0.15) is 5.82 Å². The molecule has 182 valence electrons. The zero-order chi connectivity index (χ0) is 25.4. The van der Waals surface area contributed by atoms with Gasteiger partial charge in [-0.3, -0.25) is 19.3 Å². The minimum absolute atomic E-state index is 0.166. The highest BCUT2D eigenvalue weighted by Crippen LogP contribution is 2.63. The van der Waals surface area contributed by atoms with E-state index in [9.17, 15) is 18.8 Å². The second kappa shape index (κ2) is 7.58. The Labute approximate surface area is 207 Å². The highest BCUT2D eigenvalue weighted by Gasteiger charge is 2.77. The Morgan fingerprint density at radius 1 is 0.833 bits per heavy atom. The molecule has 3 aromatic carbocycles. The summed E-state index contributed by atoms with van der Waals surface area (Å²) in [5.74, 6) is -1.08. The van der Waals surface area contributed by atoms with Gasteiger partial charge in [0, 0.05) is 29.2 Å². The van der Waals surface area contributed by atoms with E-state index in [1.165, 1.54) is 26.4 Å². The maximum Gasteiger partial charge on any atom is 0.192 e. The van der Waals surface area contributed by atoms with Crippen LogP contribution in [0.15, 0.2) is 60.7 Å². The standard InChI is InChI=1S/C29H24FNO5/c1-31-15-22(16-8-10-18(30)11-9-16)28(29(31)26(33)19-6-4-5-7-20(19)27(29)34)14-17-12-23(35-2)24(36-3)13-21(17)25(28)32/h4-13,22H,14-15H2,1-3H3/t22-,28+/m1/s1. The van der Waals surface area contributed by atoms with Crippen LogP contribution in [0.2, 0.25) is 0 Å². The molecular weight excluding hydrogens is 461 g/mol. The Morgan fingerprint density at radius 2 is 1.42 bits per heavy atom. The summed E-state index contributed by atoms with van der Waals surface area (Å²) in [6.07, 6.45) is 0.166. The first-order valence-electron chi connectivity index (χ1n) is 11.8. The fourth-order valence-corrected chi connectivity index (χ4v) is 6.84. The van der Waals surface area contributed by atoms with Crippen molar-refractivity contribution in [1.82, 2.24) is 4.90 Å². The number of hydrogen-bond acceptors (Lipinski definition) is 6. The van der Waals surface area contributed by atoms with Crippen LogP contribution in [0.1, 0.15) is 48.1 Å². The van der Waals surface area contributed by atoms with E-state index in [4.69, 9.17) is 9.47 Å². The maximum atomic E-state index is 14.6. The summed E-state index contributed by atoms with van der Waals surface area (Å²) < 4.78 is 24.8. The zero-order valence-corrected chi connectivity index (χ0v) is 20.1. The van der Waals surface area contributed by atoms with Crippen LogP contribution in [0.3, 0.4) is 0 Å². The van der Waals surface area contributed by atoms with E-state index in [2.05, 4.69) is 0 Å². The average Bonchev–Trinajstić information content (AvgIpc) is 3.42. The summed E-state index contributed by atoms with van der Waals surface area (Å²) in [7, 11) is 4.74. The number of Topliss-reactive ketones (excluding diaryl/α,β-unsaturated/α-hetero) is 3. The minimum atomic E-state index is -1.72. The average molecular weight is 486 g/mol. The van der Waals surface area contributed by atoms with Crippen LogP contribution in [0.4, 0.5) is 4.39 Å². The topological polar surface area (TPSA) is 72.9 Å². The molecule has 0 bridgehead atoms. The molecule has 1 fully saturated rings. The molecule has 6 rings (SSSR count). The van der Waals surface area contributed by atoms with Crippen LogP contribution in [0.25, 0.3) is 0 Å². The first kappa shape index (κ1) is 22.6. The molecule has 0 unspecified atom stereocenters. The van der Waals surface area contributed by atoms with E-state index >= 15 is 0 Å². The fourth-order valence-electron chi connectivity index (χ4n) is 6.84. The monoisotopic (exact) mass is 485 g/mol. The van der Waals surface area contributed by atoms with Crippen molar-refractivity contribution in [3.8, 4) is 11.5 Å². The molecule has 0 saturated carbocycles. The van der Waals surface area contributed by atoms with E-state index in [-0.39, 0.29) is 30.3 Å². The number of benzene rings is 3. The summed E-state index contributed by atoms with van der Waals surface area (Å²) >= 11 is 0. The molecule has 0 radical (unpaired) electrons. The maximum absolute atomic E-state index is 14.6. The number of ketones is 3. The first-order chi connectivity index (χ1) is 17.3. The number of carbonyl (C=O) groups excluding carboxylic acids is 3. The van der Waals surface area contributed by atoms with Gasteiger partial charge in [-0.1, -0.05) is 36.4 Å². The van der Waals surface area contributed by atoms with Gasteiger partial charge in [-0.15, -0.1) is 0 Å². The lowest BCUT2D eigenvalue weighted by molar-refractivity contribution is 0.0340. The molecule has 0 aromatic heterocycles. The molecule has 1 saturated heterocycles. The quantitative estimate of drug-likeness (QED) is 0.520. The summed E-state index contributed by atoms with van der Waals surface area (Å²) in [4.78, 5) is 44.8. The van der Waals surface area contributed by atoms with Gasteiger partial charge >= 0.3 is 0 Å². The highest BCUT2D eigenvalue weighted by molar-refractivity contribution is 6.36. The molecule has 7 heteroatoms. The van der Waals surface area contributed by atoms with Crippen molar-refractivity contribution in [1.29, 1.82) is 0 Å². The normalized spacial score (nSPS) is 24.0. The van der Waals surface area contributed by atoms with Gasteiger partial charge < -0.3 is 9.47 Å². The molecule has 0 N–H and O–H groups in total. The SMILES string of the molecule is COc1cc2c(cc1OC)C(=O)[C@]1(C2)[C@@H](c2ccc(F)cc2)CN(C)C12C(=O)c1ccccc1C2=O.